The summed E-state index contributed by atoms with van der Waals surface area (Å²) >= 11 is 2.44. The van der Waals surface area contributed by atoms with Crippen LogP contribution in [0.1, 0.15) is 43.4 Å². The second-order valence-electron chi connectivity index (χ2n) is 8.11. The molecule has 1 aliphatic heterocycles. The van der Waals surface area contributed by atoms with Crippen LogP contribution in [0, 0.1) is 0 Å². The number of methoxy groups -OCH3 is 2. The van der Waals surface area contributed by atoms with E-state index in [4.69, 9.17) is 14.2 Å². The van der Waals surface area contributed by atoms with Gasteiger partial charge < -0.3 is 14.2 Å². The van der Waals surface area contributed by atoms with Gasteiger partial charge in [-0.15, -0.1) is 0 Å². The minimum absolute atomic E-state index is 0.0473. The van der Waals surface area contributed by atoms with Gasteiger partial charge >= 0.3 is 0 Å². The van der Waals surface area contributed by atoms with Crippen LogP contribution in [-0.4, -0.2) is 38.3 Å². The molecule has 2 atom stereocenters. The largest absolute Gasteiger partial charge is 0.493 e. The molecule has 5 heteroatoms. The molecule has 0 aliphatic carbocycles. The topological polar surface area (TPSA) is 30.9 Å². The first-order valence-corrected chi connectivity index (χ1v) is 10.7. The van der Waals surface area contributed by atoms with Gasteiger partial charge in [0.15, 0.2) is 11.5 Å². The average molecular weight is 495 g/mol. The van der Waals surface area contributed by atoms with Gasteiger partial charge in [-0.2, -0.15) is 0 Å². The third-order valence-corrected chi connectivity index (χ3v) is 7.38. The van der Waals surface area contributed by atoms with Crippen LogP contribution in [0.5, 0.6) is 11.5 Å². The zero-order valence-corrected chi connectivity index (χ0v) is 19.7. The van der Waals surface area contributed by atoms with E-state index < -0.39 is 3.73 Å². The number of halogens is 1. The van der Waals surface area contributed by atoms with Crippen molar-refractivity contribution in [3.05, 3.63) is 59.2 Å². The second kappa shape index (κ2) is 8.20. The van der Waals surface area contributed by atoms with Crippen molar-refractivity contribution >= 4 is 22.6 Å². The Hall–Kier alpha value is -1.31. The number of hydrogen-bond donors (Lipinski definition) is 0. The maximum absolute atomic E-state index is 6.38. The van der Waals surface area contributed by atoms with E-state index in [2.05, 4.69) is 97.8 Å². The lowest BCUT2D eigenvalue weighted by Crippen LogP contribution is -2.45. The molecule has 1 heterocycles. The molecule has 0 spiro atoms. The second-order valence-corrected chi connectivity index (χ2v) is 9.57. The van der Waals surface area contributed by atoms with Crippen LogP contribution < -0.4 is 9.47 Å². The van der Waals surface area contributed by atoms with Gasteiger partial charge in [0.05, 0.1) is 20.8 Å². The highest BCUT2D eigenvalue weighted by Gasteiger charge is 2.50. The van der Waals surface area contributed by atoms with E-state index in [1.807, 2.05) is 0 Å². The van der Waals surface area contributed by atoms with E-state index in [0.717, 1.165) is 23.5 Å². The summed E-state index contributed by atoms with van der Waals surface area (Å²) in [7, 11) is 5.49. The van der Waals surface area contributed by atoms with Gasteiger partial charge in [-0.3, -0.25) is 4.90 Å². The van der Waals surface area contributed by atoms with Crippen LogP contribution in [0.15, 0.2) is 42.5 Å². The van der Waals surface area contributed by atoms with Crippen molar-refractivity contribution < 1.29 is 14.2 Å². The van der Waals surface area contributed by atoms with E-state index in [0.29, 0.717) is 12.5 Å². The molecule has 0 saturated carbocycles. The van der Waals surface area contributed by atoms with Crippen LogP contribution in [0.25, 0.3) is 0 Å². The summed E-state index contributed by atoms with van der Waals surface area (Å²) in [6.07, 6.45) is 0.948. The van der Waals surface area contributed by atoms with Gasteiger partial charge in [0.2, 0.25) is 3.73 Å². The maximum atomic E-state index is 6.38. The third-order valence-electron chi connectivity index (χ3n) is 5.76. The Morgan fingerprint density at radius 3 is 2.25 bits per heavy atom. The molecule has 2 aromatic rings. The Morgan fingerprint density at radius 1 is 1.11 bits per heavy atom. The molecular weight excluding hydrogens is 465 g/mol. The SMILES string of the molecule is COc1cc(C(C)Cc2ccccc2)c(C2(I)OCC(C)(C)N2C)cc1OC. The molecule has 1 saturated heterocycles. The van der Waals surface area contributed by atoms with Gasteiger partial charge in [-0.25, -0.2) is 0 Å². The molecule has 0 N–H and O–H groups in total. The highest BCUT2D eigenvalue weighted by atomic mass is 127. The summed E-state index contributed by atoms with van der Waals surface area (Å²) in [4.78, 5) is 2.31. The number of ether oxygens (including phenoxy) is 3. The van der Waals surface area contributed by atoms with Crippen molar-refractivity contribution in [3.63, 3.8) is 0 Å². The molecule has 3 rings (SSSR count). The number of rotatable bonds is 6. The van der Waals surface area contributed by atoms with Crippen molar-refractivity contribution in [2.75, 3.05) is 27.9 Å². The molecule has 1 fully saturated rings. The molecule has 4 nitrogen and oxygen atoms in total. The zero-order chi connectivity index (χ0) is 20.5. The van der Waals surface area contributed by atoms with Crippen molar-refractivity contribution in [1.29, 1.82) is 0 Å². The predicted octanol–water partition coefficient (Wildman–Crippen LogP) is 5.34. The zero-order valence-electron chi connectivity index (χ0n) is 17.6. The van der Waals surface area contributed by atoms with E-state index in [-0.39, 0.29) is 5.54 Å². The third kappa shape index (κ3) is 3.89. The van der Waals surface area contributed by atoms with Crippen molar-refractivity contribution in [1.82, 2.24) is 4.90 Å². The van der Waals surface area contributed by atoms with Gasteiger partial charge in [0.25, 0.3) is 0 Å². The standard InChI is InChI=1S/C23H30INO3/c1-16(12-17-10-8-7-9-11-17)18-13-20(26-5)21(27-6)14-19(18)23(24)25(4)22(2,3)15-28-23/h7-11,13-14,16H,12,15H2,1-6H3. The van der Waals surface area contributed by atoms with Crippen LogP contribution in [0.3, 0.4) is 0 Å². The highest BCUT2D eigenvalue weighted by Crippen LogP contribution is 2.50. The lowest BCUT2D eigenvalue weighted by Gasteiger charge is -2.37. The average Bonchev–Trinajstić information content (AvgIpc) is 2.91. The van der Waals surface area contributed by atoms with Crippen LogP contribution in [0.2, 0.25) is 0 Å². The Morgan fingerprint density at radius 2 is 1.71 bits per heavy atom. The molecule has 0 aromatic heterocycles. The first kappa shape index (κ1) is 21.4. The lowest BCUT2D eigenvalue weighted by molar-refractivity contribution is 0.0192. The van der Waals surface area contributed by atoms with E-state index in [9.17, 15) is 0 Å². The Labute approximate surface area is 182 Å². The molecule has 1 aliphatic rings. The molecule has 0 bridgehead atoms. The molecule has 2 unspecified atom stereocenters. The molecule has 0 radical (unpaired) electrons. The minimum atomic E-state index is -0.554. The monoisotopic (exact) mass is 495 g/mol. The summed E-state index contributed by atoms with van der Waals surface area (Å²) in [5.41, 5.74) is 3.62. The number of alkyl halides is 1. The highest BCUT2D eigenvalue weighted by molar-refractivity contribution is 14.1. The van der Waals surface area contributed by atoms with Gasteiger partial charge in [-0.05, 0) is 79.1 Å². The van der Waals surface area contributed by atoms with Crippen LogP contribution in [0.4, 0.5) is 0 Å². The van der Waals surface area contributed by atoms with Crippen LogP contribution in [-0.2, 0) is 14.9 Å². The van der Waals surface area contributed by atoms with E-state index >= 15 is 0 Å². The van der Waals surface area contributed by atoms with Gasteiger partial charge in [-0.1, -0.05) is 37.3 Å². The number of likely N-dealkylation sites (N-methyl/N-ethyl adjacent to an activating group) is 1. The van der Waals surface area contributed by atoms with Crippen molar-refractivity contribution in [2.45, 2.75) is 42.4 Å². The molecule has 0 amide bonds. The Bertz CT molecular complexity index is 824. The number of hydrogen-bond acceptors (Lipinski definition) is 4. The Balaban J connectivity index is 2.10. The lowest BCUT2D eigenvalue weighted by atomic mass is 9.88. The predicted molar refractivity (Wildman–Crippen MR) is 122 cm³/mol. The normalized spacial score (nSPS) is 22.8. The maximum Gasteiger partial charge on any atom is 0.200 e. The summed E-state index contributed by atoms with van der Waals surface area (Å²) < 4.78 is 17.1. The van der Waals surface area contributed by atoms with Crippen molar-refractivity contribution in [2.24, 2.45) is 0 Å². The summed E-state index contributed by atoms with van der Waals surface area (Å²) in [5, 5.41) is 0. The van der Waals surface area contributed by atoms with Crippen LogP contribution >= 0.6 is 22.6 Å². The molecule has 2 aromatic carbocycles. The molecular formula is C23H30INO3. The fourth-order valence-corrected chi connectivity index (χ4v) is 5.04. The smallest absolute Gasteiger partial charge is 0.200 e. The summed E-state index contributed by atoms with van der Waals surface area (Å²) in [6.45, 7) is 7.35. The Kier molecular flexibility index (Phi) is 6.27. The fraction of sp³-hybridized carbons (Fsp3) is 0.478. The molecule has 152 valence electrons. The van der Waals surface area contributed by atoms with E-state index in [1.165, 1.54) is 11.1 Å². The fourth-order valence-electron chi connectivity index (χ4n) is 3.76. The van der Waals surface area contributed by atoms with Crippen molar-refractivity contribution in [3.8, 4) is 11.5 Å². The summed E-state index contributed by atoms with van der Waals surface area (Å²) in [6, 6.07) is 14.8. The first-order valence-electron chi connectivity index (χ1n) is 9.60. The molecule has 28 heavy (non-hydrogen) atoms. The quantitative estimate of drug-likeness (QED) is 0.308. The van der Waals surface area contributed by atoms with Gasteiger partial charge in [0.1, 0.15) is 0 Å². The van der Waals surface area contributed by atoms with Gasteiger partial charge in [0, 0.05) is 11.1 Å². The van der Waals surface area contributed by atoms with E-state index in [1.54, 1.807) is 14.2 Å². The number of benzene rings is 2. The minimum Gasteiger partial charge on any atom is -0.493 e. The summed E-state index contributed by atoms with van der Waals surface area (Å²) in [5.74, 6) is 1.77. The number of nitrogens with zero attached hydrogens (tertiary/aromatic N) is 1. The first-order chi connectivity index (χ1) is 13.2.